The van der Waals surface area contributed by atoms with Crippen molar-refractivity contribution in [2.45, 2.75) is 18.9 Å². The maximum Gasteiger partial charge on any atom is 0.326 e. The van der Waals surface area contributed by atoms with Crippen LogP contribution in [0, 0.1) is 0 Å². The summed E-state index contributed by atoms with van der Waals surface area (Å²) in [7, 11) is 0. The summed E-state index contributed by atoms with van der Waals surface area (Å²) in [5.41, 5.74) is 0. The largest absolute Gasteiger partial charge is 0.481 e. The first-order valence-corrected chi connectivity index (χ1v) is 3.39. The summed E-state index contributed by atoms with van der Waals surface area (Å²) in [6.45, 7) is 3.29. The lowest BCUT2D eigenvalue weighted by atomic mass is 10.1. The summed E-state index contributed by atoms with van der Waals surface area (Å²) in [6, 6.07) is -0.862. The molecule has 68 valence electrons. The topological polar surface area (TPSA) is 86.6 Å². The van der Waals surface area contributed by atoms with E-state index in [-0.39, 0.29) is 12.8 Å². The molecule has 0 aromatic carbocycles. The highest BCUT2D eigenvalue weighted by molar-refractivity contribution is 5.75. The Hall–Kier alpha value is -1.52. The van der Waals surface area contributed by atoms with E-state index in [0.29, 0.717) is 0 Å². The average Bonchev–Trinajstić information content (AvgIpc) is 1.96. The van der Waals surface area contributed by atoms with Crippen LogP contribution in [-0.4, -0.2) is 28.2 Å². The van der Waals surface area contributed by atoms with Gasteiger partial charge in [0.25, 0.3) is 0 Å². The zero-order valence-electron chi connectivity index (χ0n) is 6.49. The van der Waals surface area contributed by atoms with Crippen LogP contribution in [0.4, 0.5) is 0 Å². The molecule has 0 amide bonds. The Labute approximate surface area is 69.7 Å². The van der Waals surface area contributed by atoms with E-state index in [0.717, 1.165) is 0 Å². The Morgan fingerprint density at radius 1 is 1.50 bits per heavy atom. The zero-order chi connectivity index (χ0) is 9.56. The molecule has 0 bridgehead atoms. The van der Waals surface area contributed by atoms with Gasteiger partial charge in [0.1, 0.15) is 6.04 Å². The first-order chi connectivity index (χ1) is 5.57. The van der Waals surface area contributed by atoms with E-state index in [1.807, 2.05) is 0 Å². The van der Waals surface area contributed by atoms with Crippen LogP contribution in [0.1, 0.15) is 12.8 Å². The van der Waals surface area contributed by atoms with Crippen molar-refractivity contribution in [1.82, 2.24) is 5.32 Å². The van der Waals surface area contributed by atoms with Crippen LogP contribution in [0.2, 0.25) is 0 Å². The molecule has 0 rings (SSSR count). The molecule has 0 aromatic heterocycles. The number of aliphatic carboxylic acids is 2. The van der Waals surface area contributed by atoms with Crippen molar-refractivity contribution in [2.24, 2.45) is 0 Å². The lowest BCUT2D eigenvalue weighted by Crippen LogP contribution is -2.33. The Bertz CT molecular complexity index is 190. The number of hydrogen-bond acceptors (Lipinski definition) is 3. The molecule has 1 unspecified atom stereocenters. The first kappa shape index (κ1) is 10.5. The molecule has 0 radical (unpaired) electrons. The number of carboxylic acids is 2. The third-order valence-corrected chi connectivity index (χ3v) is 1.26. The fourth-order valence-corrected chi connectivity index (χ4v) is 0.688. The van der Waals surface area contributed by atoms with E-state index >= 15 is 0 Å². The molecule has 12 heavy (non-hydrogen) atoms. The molecular formula is C7H11NO4. The van der Waals surface area contributed by atoms with Crippen LogP contribution < -0.4 is 5.32 Å². The molecule has 0 aliphatic rings. The molecule has 0 saturated carbocycles. The molecule has 0 spiro atoms. The van der Waals surface area contributed by atoms with E-state index < -0.39 is 18.0 Å². The second kappa shape index (κ2) is 5.17. The van der Waals surface area contributed by atoms with Gasteiger partial charge in [-0.25, -0.2) is 4.79 Å². The summed E-state index contributed by atoms with van der Waals surface area (Å²) in [5.74, 6) is -2.08. The van der Waals surface area contributed by atoms with Crippen molar-refractivity contribution in [2.75, 3.05) is 0 Å². The first-order valence-electron chi connectivity index (χ1n) is 3.39. The monoisotopic (exact) mass is 173 g/mol. The van der Waals surface area contributed by atoms with Crippen molar-refractivity contribution in [3.63, 3.8) is 0 Å². The molecule has 5 heteroatoms. The molecule has 0 fully saturated rings. The van der Waals surface area contributed by atoms with Gasteiger partial charge in [0.15, 0.2) is 0 Å². The van der Waals surface area contributed by atoms with E-state index in [1.54, 1.807) is 0 Å². The van der Waals surface area contributed by atoms with E-state index in [2.05, 4.69) is 11.9 Å². The molecule has 0 saturated heterocycles. The second-order valence-electron chi connectivity index (χ2n) is 2.19. The van der Waals surface area contributed by atoms with Gasteiger partial charge in [-0.05, 0) is 12.6 Å². The van der Waals surface area contributed by atoms with Crippen LogP contribution in [0.25, 0.3) is 0 Å². The minimum absolute atomic E-state index is 0.0523. The quantitative estimate of drug-likeness (QED) is 0.527. The highest BCUT2D eigenvalue weighted by Gasteiger charge is 2.15. The van der Waals surface area contributed by atoms with Gasteiger partial charge in [0, 0.05) is 6.42 Å². The lowest BCUT2D eigenvalue weighted by molar-refractivity contribution is -0.140. The smallest absolute Gasteiger partial charge is 0.326 e. The van der Waals surface area contributed by atoms with E-state index in [1.165, 1.54) is 6.20 Å². The van der Waals surface area contributed by atoms with Crippen LogP contribution >= 0.6 is 0 Å². The summed E-state index contributed by atoms with van der Waals surface area (Å²) < 4.78 is 0. The number of rotatable bonds is 6. The maximum absolute atomic E-state index is 10.4. The Kier molecular flexibility index (Phi) is 4.52. The van der Waals surface area contributed by atoms with Crippen molar-refractivity contribution < 1.29 is 19.8 Å². The summed E-state index contributed by atoms with van der Waals surface area (Å²) in [6.07, 6.45) is 1.12. The normalized spacial score (nSPS) is 11.7. The fraction of sp³-hybridized carbons (Fsp3) is 0.429. The summed E-state index contributed by atoms with van der Waals surface area (Å²) in [4.78, 5) is 20.5. The molecule has 0 aliphatic heterocycles. The molecule has 5 nitrogen and oxygen atoms in total. The lowest BCUT2D eigenvalue weighted by Gasteiger charge is -2.09. The highest BCUT2D eigenvalue weighted by Crippen LogP contribution is 1.97. The standard InChI is InChI=1S/C7H11NO4/c1-2-8-5(7(11)12)3-4-6(9)10/h2,5,8H,1,3-4H2,(H,9,10)(H,11,12). The fourth-order valence-electron chi connectivity index (χ4n) is 0.688. The maximum atomic E-state index is 10.4. The van der Waals surface area contributed by atoms with Crippen LogP contribution in [0.15, 0.2) is 12.8 Å². The average molecular weight is 173 g/mol. The second-order valence-corrected chi connectivity index (χ2v) is 2.19. The van der Waals surface area contributed by atoms with Crippen LogP contribution in [0.3, 0.4) is 0 Å². The van der Waals surface area contributed by atoms with Gasteiger partial charge in [0.2, 0.25) is 0 Å². The molecule has 0 heterocycles. The van der Waals surface area contributed by atoms with Crippen LogP contribution in [0.5, 0.6) is 0 Å². The molecule has 3 N–H and O–H groups in total. The van der Waals surface area contributed by atoms with E-state index in [9.17, 15) is 9.59 Å². The van der Waals surface area contributed by atoms with Gasteiger partial charge >= 0.3 is 11.9 Å². The highest BCUT2D eigenvalue weighted by atomic mass is 16.4. The summed E-state index contributed by atoms with van der Waals surface area (Å²) in [5, 5.41) is 19.2. The van der Waals surface area contributed by atoms with Crippen molar-refractivity contribution in [3.05, 3.63) is 12.8 Å². The van der Waals surface area contributed by atoms with Crippen LogP contribution in [-0.2, 0) is 9.59 Å². The van der Waals surface area contributed by atoms with E-state index in [4.69, 9.17) is 10.2 Å². The van der Waals surface area contributed by atoms with Crippen molar-refractivity contribution >= 4 is 11.9 Å². The third kappa shape index (κ3) is 4.32. The van der Waals surface area contributed by atoms with Gasteiger partial charge in [-0.2, -0.15) is 0 Å². The Morgan fingerprint density at radius 3 is 2.42 bits per heavy atom. The Morgan fingerprint density at radius 2 is 2.08 bits per heavy atom. The van der Waals surface area contributed by atoms with Gasteiger partial charge in [0.05, 0.1) is 0 Å². The van der Waals surface area contributed by atoms with Crippen molar-refractivity contribution in [3.8, 4) is 0 Å². The minimum atomic E-state index is -1.07. The molecular weight excluding hydrogens is 162 g/mol. The SMILES string of the molecule is C=CNC(CCC(=O)O)C(=O)O. The Balaban J connectivity index is 3.86. The molecule has 0 aliphatic carbocycles. The van der Waals surface area contributed by atoms with Gasteiger partial charge < -0.3 is 15.5 Å². The number of nitrogens with one attached hydrogen (secondary N) is 1. The molecule has 0 aromatic rings. The third-order valence-electron chi connectivity index (χ3n) is 1.26. The predicted molar refractivity (Wildman–Crippen MR) is 41.6 cm³/mol. The van der Waals surface area contributed by atoms with Gasteiger partial charge in [-0.3, -0.25) is 4.79 Å². The van der Waals surface area contributed by atoms with Gasteiger partial charge in [-0.15, -0.1) is 0 Å². The van der Waals surface area contributed by atoms with Crippen molar-refractivity contribution in [1.29, 1.82) is 0 Å². The minimum Gasteiger partial charge on any atom is -0.481 e. The van der Waals surface area contributed by atoms with Gasteiger partial charge in [-0.1, -0.05) is 6.58 Å². The number of carbonyl (C=O) groups is 2. The predicted octanol–water partition coefficient (Wildman–Crippen LogP) is 0.0375. The molecule has 1 atom stereocenters. The number of hydrogen-bond donors (Lipinski definition) is 3. The number of carboxylic acid groups (broad SMARTS) is 2. The summed E-state index contributed by atoms with van der Waals surface area (Å²) >= 11 is 0. The zero-order valence-corrected chi connectivity index (χ0v) is 6.49.